The third-order valence-electron chi connectivity index (χ3n) is 2.10. The molecule has 0 aliphatic heterocycles. The SMILES string of the molecule is CN(C)c1nnc(SC(CN)c2cccs2)s1. The predicted octanol–water partition coefficient (Wildman–Crippen LogP) is 2.46. The molecule has 0 aliphatic rings. The fourth-order valence-corrected chi connectivity index (χ4v) is 4.17. The Morgan fingerprint density at radius 3 is 2.82 bits per heavy atom. The van der Waals surface area contributed by atoms with Crippen LogP contribution < -0.4 is 10.6 Å². The molecule has 0 saturated heterocycles. The molecule has 0 saturated carbocycles. The summed E-state index contributed by atoms with van der Waals surface area (Å²) in [6.45, 7) is 0.613. The van der Waals surface area contributed by atoms with Crippen LogP contribution >= 0.6 is 34.4 Å². The fraction of sp³-hybridized carbons (Fsp3) is 0.400. The van der Waals surface area contributed by atoms with Crippen molar-refractivity contribution >= 4 is 39.6 Å². The maximum absolute atomic E-state index is 5.81. The van der Waals surface area contributed by atoms with Crippen LogP contribution in [0.15, 0.2) is 21.9 Å². The van der Waals surface area contributed by atoms with Gasteiger partial charge in [0, 0.05) is 25.5 Å². The number of thioether (sulfide) groups is 1. The van der Waals surface area contributed by atoms with Crippen molar-refractivity contribution < 1.29 is 0 Å². The maximum atomic E-state index is 5.81. The highest BCUT2D eigenvalue weighted by atomic mass is 32.2. The highest BCUT2D eigenvalue weighted by Gasteiger charge is 2.16. The monoisotopic (exact) mass is 286 g/mol. The first-order valence-corrected chi connectivity index (χ1v) is 7.69. The molecule has 17 heavy (non-hydrogen) atoms. The van der Waals surface area contributed by atoms with Gasteiger partial charge in [0.05, 0.1) is 5.25 Å². The van der Waals surface area contributed by atoms with Gasteiger partial charge in [0.25, 0.3) is 0 Å². The lowest BCUT2D eigenvalue weighted by atomic mass is 10.3. The third-order valence-corrected chi connectivity index (χ3v) is 5.67. The summed E-state index contributed by atoms with van der Waals surface area (Å²) < 4.78 is 0.970. The van der Waals surface area contributed by atoms with Crippen molar-refractivity contribution in [1.82, 2.24) is 10.2 Å². The second-order valence-corrected chi connectivity index (χ2v) is 6.99. The molecule has 0 fully saturated rings. The van der Waals surface area contributed by atoms with E-state index in [1.165, 1.54) is 4.88 Å². The van der Waals surface area contributed by atoms with Crippen molar-refractivity contribution in [3.63, 3.8) is 0 Å². The minimum Gasteiger partial charge on any atom is -0.353 e. The van der Waals surface area contributed by atoms with Gasteiger partial charge in [-0.25, -0.2) is 0 Å². The van der Waals surface area contributed by atoms with Crippen LogP contribution in [0.25, 0.3) is 0 Å². The summed E-state index contributed by atoms with van der Waals surface area (Å²) in [4.78, 5) is 3.25. The number of rotatable bonds is 5. The number of hydrogen-bond acceptors (Lipinski definition) is 7. The average molecular weight is 286 g/mol. The second kappa shape index (κ2) is 5.81. The quantitative estimate of drug-likeness (QED) is 0.856. The predicted molar refractivity (Wildman–Crippen MR) is 76.2 cm³/mol. The van der Waals surface area contributed by atoms with Crippen molar-refractivity contribution in [3.8, 4) is 0 Å². The topological polar surface area (TPSA) is 55.0 Å². The zero-order chi connectivity index (χ0) is 12.3. The summed E-state index contributed by atoms with van der Waals surface area (Å²) in [7, 11) is 3.93. The van der Waals surface area contributed by atoms with Crippen molar-refractivity contribution in [3.05, 3.63) is 22.4 Å². The van der Waals surface area contributed by atoms with Gasteiger partial charge in [0.15, 0.2) is 4.34 Å². The van der Waals surface area contributed by atoms with Crippen LogP contribution in [0.4, 0.5) is 5.13 Å². The number of anilines is 1. The van der Waals surface area contributed by atoms with Gasteiger partial charge in [0.2, 0.25) is 5.13 Å². The molecule has 2 heterocycles. The van der Waals surface area contributed by atoms with Crippen LogP contribution in [0, 0.1) is 0 Å². The summed E-state index contributed by atoms with van der Waals surface area (Å²) in [5.74, 6) is 0. The number of hydrogen-bond donors (Lipinski definition) is 1. The molecule has 1 unspecified atom stereocenters. The molecule has 7 heteroatoms. The highest BCUT2D eigenvalue weighted by molar-refractivity contribution is 8.01. The van der Waals surface area contributed by atoms with Crippen LogP contribution in [0.5, 0.6) is 0 Å². The van der Waals surface area contributed by atoms with Crippen molar-refractivity contribution in [2.45, 2.75) is 9.59 Å². The summed E-state index contributed by atoms with van der Waals surface area (Å²) in [5, 5.41) is 11.6. The Balaban J connectivity index is 2.08. The second-order valence-electron chi connectivity index (χ2n) is 3.60. The Morgan fingerprint density at radius 1 is 1.47 bits per heavy atom. The average Bonchev–Trinajstić information content (AvgIpc) is 2.96. The minimum atomic E-state index is 0.276. The molecule has 0 amide bonds. The van der Waals surface area contributed by atoms with E-state index in [1.54, 1.807) is 34.4 Å². The maximum Gasteiger partial charge on any atom is 0.208 e. The van der Waals surface area contributed by atoms with E-state index in [2.05, 4.69) is 27.7 Å². The molecule has 0 spiro atoms. The lowest BCUT2D eigenvalue weighted by Crippen LogP contribution is -2.07. The summed E-state index contributed by atoms with van der Waals surface area (Å²) in [6, 6.07) is 4.16. The van der Waals surface area contributed by atoms with Crippen molar-refractivity contribution in [2.75, 3.05) is 25.5 Å². The summed E-state index contributed by atoms with van der Waals surface area (Å²) in [6.07, 6.45) is 0. The Labute approximate surface area is 113 Å². The van der Waals surface area contributed by atoms with E-state index in [-0.39, 0.29) is 5.25 Å². The zero-order valence-electron chi connectivity index (χ0n) is 9.66. The third kappa shape index (κ3) is 3.19. The van der Waals surface area contributed by atoms with Crippen molar-refractivity contribution in [1.29, 1.82) is 0 Å². The highest BCUT2D eigenvalue weighted by Crippen LogP contribution is 2.38. The van der Waals surface area contributed by atoms with E-state index < -0.39 is 0 Å². The Kier molecular flexibility index (Phi) is 4.38. The largest absolute Gasteiger partial charge is 0.353 e. The van der Waals surface area contributed by atoms with E-state index in [1.807, 2.05) is 19.0 Å². The lowest BCUT2D eigenvalue weighted by Gasteiger charge is -2.09. The minimum absolute atomic E-state index is 0.276. The number of aromatic nitrogens is 2. The molecular formula is C10H14N4S3. The van der Waals surface area contributed by atoms with Crippen molar-refractivity contribution in [2.24, 2.45) is 5.73 Å². The molecule has 2 rings (SSSR count). The molecular weight excluding hydrogens is 272 g/mol. The molecule has 92 valence electrons. The molecule has 0 aliphatic carbocycles. The fourth-order valence-electron chi connectivity index (χ4n) is 1.25. The molecule has 0 bridgehead atoms. The van der Waals surface area contributed by atoms with Gasteiger partial charge in [-0.1, -0.05) is 29.2 Å². The molecule has 2 aromatic heterocycles. The molecule has 0 radical (unpaired) electrons. The van der Waals surface area contributed by atoms with E-state index >= 15 is 0 Å². The summed E-state index contributed by atoms with van der Waals surface area (Å²) >= 11 is 5.02. The number of nitrogens with zero attached hydrogens (tertiary/aromatic N) is 3. The van der Waals surface area contributed by atoms with E-state index in [9.17, 15) is 0 Å². The lowest BCUT2D eigenvalue weighted by molar-refractivity contribution is 0.941. The molecule has 2 N–H and O–H groups in total. The van der Waals surface area contributed by atoms with Gasteiger partial charge in [-0.3, -0.25) is 0 Å². The molecule has 2 aromatic rings. The van der Waals surface area contributed by atoms with Crippen LogP contribution in [-0.2, 0) is 0 Å². The van der Waals surface area contributed by atoms with Crippen LogP contribution in [0.2, 0.25) is 0 Å². The zero-order valence-corrected chi connectivity index (χ0v) is 12.1. The van der Waals surface area contributed by atoms with Crippen LogP contribution in [0.3, 0.4) is 0 Å². The Hall–Kier alpha value is -0.630. The first-order chi connectivity index (χ1) is 8.20. The van der Waals surface area contributed by atoms with Gasteiger partial charge in [-0.2, -0.15) is 0 Å². The Morgan fingerprint density at radius 2 is 2.29 bits per heavy atom. The molecule has 1 atom stereocenters. The molecule has 0 aromatic carbocycles. The standard InChI is InChI=1S/C10H14N4S3/c1-14(2)9-12-13-10(17-9)16-8(6-11)7-4-3-5-15-7/h3-5,8H,6,11H2,1-2H3. The number of thiophene rings is 1. The summed E-state index contributed by atoms with van der Waals surface area (Å²) in [5.41, 5.74) is 5.81. The van der Waals surface area contributed by atoms with E-state index in [0.29, 0.717) is 6.54 Å². The van der Waals surface area contributed by atoms with Gasteiger partial charge >= 0.3 is 0 Å². The molecule has 4 nitrogen and oxygen atoms in total. The van der Waals surface area contributed by atoms with Gasteiger partial charge in [0.1, 0.15) is 0 Å². The van der Waals surface area contributed by atoms with Gasteiger partial charge < -0.3 is 10.6 Å². The van der Waals surface area contributed by atoms with E-state index in [4.69, 9.17) is 5.73 Å². The first kappa shape index (κ1) is 12.8. The van der Waals surface area contributed by atoms with Gasteiger partial charge in [-0.05, 0) is 11.4 Å². The van der Waals surface area contributed by atoms with Crippen LogP contribution in [0.1, 0.15) is 10.1 Å². The van der Waals surface area contributed by atoms with Crippen LogP contribution in [-0.4, -0.2) is 30.8 Å². The Bertz CT molecular complexity index is 452. The van der Waals surface area contributed by atoms with E-state index in [0.717, 1.165) is 9.47 Å². The smallest absolute Gasteiger partial charge is 0.208 e. The first-order valence-electron chi connectivity index (χ1n) is 5.11. The van der Waals surface area contributed by atoms with Gasteiger partial charge in [-0.15, -0.1) is 21.5 Å². The number of nitrogens with two attached hydrogens (primary N) is 1. The normalized spacial score (nSPS) is 12.6.